The average molecular weight is 324 g/mol. The van der Waals surface area contributed by atoms with E-state index in [1.807, 2.05) is 24.3 Å². The van der Waals surface area contributed by atoms with E-state index in [9.17, 15) is 14.9 Å². The second-order valence-electron chi connectivity index (χ2n) is 5.40. The molecular formula is C17H16N4O3. The fourth-order valence-corrected chi connectivity index (χ4v) is 2.46. The van der Waals surface area contributed by atoms with Crippen molar-refractivity contribution in [2.45, 2.75) is 19.9 Å². The number of carbonyl (C=O) groups is 1. The number of amides is 1. The van der Waals surface area contributed by atoms with E-state index in [1.54, 1.807) is 12.3 Å². The highest BCUT2D eigenvalue weighted by Gasteiger charge is 2.12. The molecule has 1 amide bonds. The summed E-state index contributed by atoms with van der Waals surface area (Å²) < 4.78 is 1.46. The van der Waals surface area contributed by atoms with Gasteiger partial charge in [0.2, 0.25) is 5.91 Å². The third kappa shape index (κ3) is 3.24. The molecule has 0 unspecified atom stereocenters. The number of anilines is 1. The zero-order chi connectivity index (χ0) is 17.1. The number of aryl methyl sites for hydroxylation is 1. The van der Waals surface area contributed by atoms with Gasteiger partial charge in [-0.15, -0.1) is 0 Å². The highest BCUT2D eigenvalue weighted by Crippen LogP contribution is 2.20. The van der Waals surface area contributed by atoms with Crippen molar-refractivity contribution in [1.82, 2.24) is 9.78 Å². The van der Waals surface area contributed by atoms with Crippen LogP contribution in [0.2, 0.25) is 0 Å². The molecule has 0 saturated heterocycles. The highest BCUT2D eigenvalue weighted by atomic mass is 16.6. The van der Waals surface area contributed by atoms with E-state index in [-0.39, 0.29) is 18.1 Å². The van der Waals surface area contributed by atoms with E-state index >= 15 is 0 Å². The van der Waals surface area contributed by atoms with Gasteiger partial charge in [0, 0.05) is 23.2 Å². The van der Waals surface area contributed by atoms with Crippen molar-refractivity contribution in [2.24, 2.45) is 0 Å². The average Bonchev–Trinajstić information content (AvgIpc) is 2.97. The molecule has 0 spiro atoms. The summed E-state index contributed by atoms with van der Waals surface area (Å²) >= 11 is 0. The number of nitrogens with zero attached hydrogens (tertiary/aromatic N) is 3. The Labute approximate surface area is 138 Å². The maximum absolute atomic E-state index is 12.2. The van der Waals surface area contributed by atoms with Crippen molar-refractivity contribution in [3.05, 3.63) is 64.3 Å². The van der Waals surface area contributed by atoms with Crippen molar-refractivity contribution >= 4 is 28.2 Å². The minimum absolute atomic E-state index is 0.0137. The molecule has 7 heteroatoms. The second-order valence-corrected chi connectivity index (χ2v) is 5.40. The number of hydrogen-bond donors (Lipinski definition) is 1. The molecule has 0 bridgehead atoms. The Morgan fingerprint density at radius 3 is 2.67 bits per heavy atom. The first-order valence-electron chi connectivity index (χ1n) is 7.55. The van der Waals surface area contributed by atoms with E-state index in [0.29, 0.717) is 11.2 Å². The largest absolute Gasteiger partial charge is 0.324 e. The standard InChI is InChI=1S/C17H16N4O3/c1-2-12-3-6-14(7-4-12)19-17(22)11-20-16-9-15(21(23)24)8-5-13(16)10-18-20/h3-10H,2,11H2,1H3,(H,19,22). The number of benzene rings is 2. The van der Waals surface area contributed by atoms with E-state index in [1.165, 1.54) is 22.4 Å². The van der Waals surface area contributed by atoms with Gasteiger partial charge in [-0.05, 0) is 30.2 Å². The van der Waals surface area contributed by atoms with Gasteiger partial charge in [-0.1, -0.05) is 19.1 Å². The number of nitro benzene ring substituents is 1. The van der Waals surface area contributed by atoms with E-state index in [2.05, 4.69) is 17.3 Å². The molecule has 1 heterocycles. The van der Waals surface area contributed by atoms with Crippen LogP contribution in [0.25, 0.3) is 10.9 Å². The summed E-state index contributed by atoms with van der Waals surface area (Å²) in [5.74, 6) is -0.240. The summed E-state index contributed by atoms with van der Waals surface area (Å²) in [6.45, 7) is 2.05. The number of nitrogens with one attached hydrogen (secondary N) is 1. The zero-order valence-electron chi connectivity index (χ0n) is 13.1. The summed E-state index contributed by atoms with van der Waals surface area (Å²) in [5.41, 5.74) is 2.43. The van der Waals surface area contributed by atoms with Crippen molar-refractivity contribution in [3.8, 4) is 0 Å². The minimum Gasteiger partial charge on any atom is -0.324 e. The molecule has 3 aromatic rings. The van der Waals surface area contributed by atoms with E-state index in [4.69, 9.17) is 0 Å². The van der Waals surface area contributed by atoms with Gasteiger partial charge >= 0.3 is 0 Å². The molecule has 7 nitrogen and oxygen atoms in total. The topological polar surface area (TPSA) is 90.1 Å². The van der Waals surface area contributed by atoms with Crippen LogP contribution in [-0.2, 0) is 17.8 Å². The summed E-state index contributed by atoms with van der Waals surface area (Å²) in [6.07, 6.45) is 2.52. The van der Waals surface area contributed by atoms with Gasteiger partial charge in [-0.25, -0.2) is 0 Å². The molecule has 24 heavy (non-hydrogen) atoms. The molecule has 0 aliphatic heterocycles. The molecule has 0 aliphatic rings. The molecule has 0 saturated carbocycles. The molecule has 0 radical (unpaired) electrons. The van der Waals surface area contributed by atoms with Crippen molar-refractivity contribution in [3.63, 3.8) is 0 Å². The Morgan fingerprint density at radius 1 is 1.25 bits per heavy atom. The zero-order valence-corrected chi connectivity index (χ0v) is 13.1. The number of fused-ring (bicyclic) bond motifs is 1. The Bertz CT molecular complexity index is 900. The highest BCUT2D eigenvalue weighted by molar-refractivity contribution is 5.91. The Kier molecular flexibility index (Phi) is 4.24. The normalized spacial score (nSPS) is 10.7. The predicted molar refractivity (Wildman–Crippen MR) is 90.8 cm³/mol. The van der Waals surface area contributed by atoms with Crippen LogP contribution in [0.15, 0.2) is 48.7 Å². The van der Waals surface area contributed by atoms with Crippen LogP contribution in [0, 0.1) is 10.1 Å². The van der Waals surface area contributed by atoms with Crippen LogP contribution in [-0.4, -0.2) is 20.6 Å². The van der Waals surface area contributed by atoms with Crippen molar-refractivity contribution < 1.29 is 9.72 Å². The van der Waals surface area contributed by atoms with E-state index < -0.39 is 4.92 Å². The van der Waals surface area contributed by atoms with Crippen LogP contribution >= 0.6 is 0 Å². The SMILES string of the molecule is CCc1ccc(NC(=O)Cn2ncc3ccc([N+](=O)[O-])cc32)cc1. The predicted octanol–water partition coefficient (Wildman–Crippen LogP) is 3.15. The lowest BCUT2D eigenvalue weighted by Crippen LogP contribution is -2.19. The van der Waals surface area contributed by atoms with Crippen molar-refractivity contribution in [1.29, 1.82) is 0 Å². The molecule has 122 valence electrons. The summed E-state index contributed by atoms with van der Waals surface area (Å²) in [7, 11) is 0. The summed E-state index contributed by atoms with van der Waals surface area (Å²) in [6, 6.07) is 12.1. The van der Waals surface area contributed by atoms with Crippen LogP contribution < -0.4 is 5.32 Å². The van der Waals surface area contributed by atoms with Crippen LogP contribution in [0.5, 0.6) is 0 Å². The Balaban J connectivity index is 1.77. The first-order valence-corrected chi connectivity index (χ1v) is 7.55. The van der Waals surface area contributed by atoms with Crippen LogP contribution in [0.4, 0.5) is 11.4 Å². The first-order chi connectivity index (χ1) is 11.6. The fourth-order valence-electron chi connectivity index (χ4n) is 2.46. The maximum Gasteiger partial charge on any atom is 0.271 e. The fraction of sp³-hybridized carbons (Fsp3) is 0.176. The lowest BCUT2D eigenvalue weighted by atomic mass is 10.1. The number of carbonyl (C=O) groups excluding carboxylic acids is 1. The van der Waals surface area contributed by atoms with Crippen molar-refractivity contribution in [2.75, 3.05) is 5.32 Å². The maximum atomic E-state index is 12.2. The van der Waals surface area contributed by atoms with E-state index in [0.717, 1.165) is 11.8 Å². The number of rotatable bonds is 5. The number of aromatic nitrogens is 2. The summed E-state index contributed by atoms with van der Waals surface area (Å²) in [5, 5.41) is 18.6. The molecule has 3 rings (SSSR count). The van der Waals surface area contributed by atoms with Gasteiger partial charge in [0.1, 0.15) is 6.54 Å². The number of non-ortho nitro benzene ring substituents is 1. The smallest absolute Gasteiger partial charge is 0.271 e. The molecule has 0 aliphatic carbocycles. The minimum atomic E-state index is -0.466. The first kappa shape index (κ1) is 15.7. The molecular weight excluding hydrogens is 308 g/mol. The third-order valence-corrected chi connectivity index (χ3v) is 3.78. The number of hydrogen-bond acceptors (Lipinski definition) is 4. The molecule has 0 atom stereocenters. The molecule has 1 aromatic heterocycles. The van der Waals surface area contributed by atoms with Crippen LogP contribution in [0.3, 0.4) is 0 Å². The van der Waals surface area contributed by atoms with Gasteiger partial charge in [-0.3, -0.25) is 19.6 Å². The third-order valence-electron chi connectivity index (χ3n) is 3.78. The molecule has 1 N–H and O–H groups in total. The quantitative estimate of drug-likeness (QED) is 0.576. The summed E-state index contributed by atoms with van der Waals surface area (Å²) in [4.78, 5) is 22.6. The van der Waals surface area contributed by atoms with Gasteiger partial charge in [-0.2, -0.15) is 5.10 Å². The monoisotopic (exact) mass is 324 g/mol. The number of nitro groups is 1. The molecule has 0 fully saturated rings. The van der Waals surface area contributed by atoms with Gasteiger partial charge in [0.05, 0.1) is 16.6 Å². The lowest BCUT2D eigenvalue weighted by molar-refractivity contribution is -0.384. The lowest BCUT2D eigenvalue weighted by Gasteiger charge is -2.07. The van der Waals surface area contributed by atoms with Crippen LogP contribution in [0.1, 0.15) is 12.5 Å². The van der Waals surface area contributed by atoms with Gasteiger partial charge < -0.3 is 5.32 Å². The Morgan fingerprint density at radius 2 is 2.00 bits per heavy atom. The van der Waals surface area contributed by atoms with Gasteiger partial charge in [0.25, 0.3) is 5.69 Å². The Hall–Kier alpha value is -3.22. The van der Waals surface area contributed by atoms with Gasteiger partial charge in [0.15, 0.2) is 0 Å². The molecule has 2 aromatic carbocycles. The second kappa shape index (κ2) is 6.49.